The zero-order valence-corrected chi connectivity index (χ0v) is 19.6. The van der Waals surface area contributed by atoms with Crippen LogP contribution in [-0.2, 0) is 17.9 Å². The molecule has 0 aliphatic heterocycles. The third-order valence-electron chi connectivity index (χ3n) is 5.53. The highest BCUT2D eigenvalue weighted by Crippen LogP contribution is 2.21. The summed E-state index contributed by atoms with van der Waals surface area (Å²) in [6, 6.07) is 14.5. The van der Waals surface area contributed by atoms with Gasteiger partial charge in [-0.15, -0.1) is 0 Å². The van der Waals surface area contributed by atoms with Gasteiger partial charge in [0.15, 0.2) is 5.78 Å². The zero-order valence-electron chi connectivity index (χ0n) is 19.6. The van der Waals surface area contributed by atoms with Crippen LogP contribution in [0.25, 0.3) is 0 Å². The second-order valence-electron chi connectivity index (χ2n) is 7.87. The van der Waals surface area contributed by atoms with E-state index in [2.05, 4.69) is 10.6 Å². The highest BCUT2D eigenvalue weighted by Gasteiger charge is 2.22. The first-order valence-corrected chi connectivity index (χ1v) is 11.1. The summed E-state index contributed by atoms with van der Waals surface area (Å²) in [4.78, 5) is 50.6. The highest BCUT2D eigenvalue weighted by atomic mass is 16.2. The number of carbonyl (C=O) groups excluding carboxylic acids is 2. The maximum atomic E-state index is 13.1. The molecule has 0 unspecified atom stereocenters. The molecule has 0 atom stereocenters. The van der Waals surface area contributed by atoms with Crippen molar-refractivity contribution < 1.29 is 9.59 Å². The van der Waals surface area contributed by atoms with Gasteiger partial charge < -0.3 is 16.4 Å². The Morgan fingerprint density at radius 2 is 1.71 bits per heavy atom. The zero-order chi connectivity index (χ0) is 24.8. The van der Waals surface area contributed by atoms with Crippen molar-refractivity contribution >= 4 is 28.9 Å². The minimum Gasteiger partial charge on any atom is -0.384 e. The third-order valence-corrected chi connectivity index (χ3v) is 5.53. The molecule has 0 aliphatic carbocycles. The number of aromatic nitrogens is 2. The second-order valence-corrected chi connectivity index (χ2v) is 7.87. The molecule has 0 radical (unpaired) electrons. The predicted octanol–water partition coefficient (Wildman–Crippen LogP) is 2.61. The topological polar surface area (TPSA) is 128 Å². The highest BCUT2D eigenvalue weighted by molar-refractivity contribution is 6.02. The molecule has 4 N–H and O–H groups in total. The van der Waals surface area contributed by atoms with E-state index in [-0.39, 0.29) is 36.9 Å². The Hall–Kier alpha value is -4.14. The van der Waals surface area contributed by atoms with Crippen molar-refractivity contribution in [1.82, 2.24) is 9.13 Å². The number of rotatable bonds is 9. The number of Topliss-reactive ketones (excluding diaryl/α,β-unsaturated/α-hetero) is 1. The van der Waals surface area contributed by atoms with Gasteiger partial charge in [0.2, 0.25) is 5.91 Å². The molecule has 2 aromatic carbocycles. The van der Waals surface area contributed by atoms with Crippen LogP contribution >= 0.6 is 0 Å². The first-order chi connectivity index (χ1) is 16.3. The van der Waals surface area contributed by atoms with Gasteiger partial charge in [0.1, 0.15) is 11.4 Å². The van der Waals surface area contributed by atoms with E-state index >= 15 is 0 Å². The Morgan fingerprint density at radius 1 is 1.00 bits per heavy atom. The molecule has 0 fully saturated rings. The lowest BCUT2D eigenvalue weighted by atomic mass is 10.1. The van der Waals surface area contributed by atoms with Crippen LogP contribution in [0.4, 0.5) is 17.2 Å². The molecule has 3 rings (SSSR count). The summed E-state index contributed by atoms with van der Waals surface area (Å²) in [5, 5.41) is 5.80. The maximum absolute atomic E-state index is 13.1. The summed E-state index contributed by atoms with van der Waals surface area (Å²) in [5.41, 5.74) is 7.61. The molecule has 1 aromatic heterocycles. The molecular formula is C25H29N5O4. The van der Waals surface area contributed by atoms with E-state index in [1.165, 1.54) is 4.57 Å². The fraction of sp³-hybridized carbons (Fsp3) is 0.280. The van der Waals surface area contributed by atoms with Crippen molar-refractivity contribution in [3.8, 4) is 0 Å². The number of benzene rings is 2. The number of nitrogen functional groups attached to an aromatic ring is 1. The van der Waals surface area contributed by atoms with E-state index in [4.69, 9.17) is 5.73 Å². The molecule has 0 bridgehead atoms. The van der Waals surface area contributed by atoms with Crippen LogP contribution in [0.2, 0.25) is 0 Å². The minimum absolute atomic E-state index is 0.110. The number of hydrogen-bond donors (Lipinski definition) is 3. The number of nitrogens with one attached hydrogen (secondary N) is 2. The van der Waals surface area contributed by atoms with Crippen molar-refractivity contribution in [2.75, 3.05) is 22.9 Å². The van der Waals surface area contributed by atoms with Crippen LogP contribution in [0.5, 0.6) is 0 Å². The van der Waals surface area contributed by atoms with Crippen molar-refractivity contribution in [2.24, 2.45) is 0 Å². The van der Waals surface area contributed by atoms with Gasteiger partial charge in [-0.2, -0.15) is 0 Å². The molecule has 3 aromatic rings. The Labute approximate surface area is 197 Å². The van der Waals surface area contributed by atoms with Gasteiger partial charge in [0.25, 0.3) is 5.56 Å². The summed E-state index contributed by atoms with van der Waals surface area (Å²) in [6.45, 7) is 5.32. The summed E-state index contributed by atoms with van der Waals surface area (Å²) >= 11 is 0. The van der Waals surface area contributed by atoms with Crippen LogP contribution in [0.15, 0.2) is 58.1 Å². The molecule has 1 heterocycles. The minimum atomic E-state index is -0.707. The van der Waals surface area contributed by atoms with Crippen molar-refractivity contribution in [2.45, 2.75) is 40.3 Å². The molecule has 0 aliphatic rings. The molecule has 1 amide bonds. The number of hydrogen-bond acceptors (Lipinski definition) is 6. The van der Waals surface area contributed by atoms with E-state index in [1.54, 1.807) is 26.0 Å². The van der Waals surface area contributed by atoms with E-state index < -0.39 is 17.0 Å². The summed E-state index contributed by atoms with van der Waals surface area (Å²) in [5.74, 6) is -0.815. The van der Waals surface area contributed by atoms with E-state index in [0.29, 0.717) is 17.8 Å². The maximum Gasteiger partial charge on any atom is 0.332 e. The lowest BCUT2D eigenvalue weighted by Gasteiger charge is -2.16. The fourth-order valence-corrected chi connectivity index (χ4v) is 3.58. The Morgan fingerprint density at radius 3 is 2.35 bits per heavy atom. The van der Waals surface area contributed by atoms with Crippen LogP contribution in [-0.4, -0.2) is 27.4 Å². The van der Waals surface area contributed by atoms with Crippen LogP contribution in [0.3, 0.4) is 0 Å². The molecule has 0 spiro atoms. The van der Waals surface area contributed by atoms with Gasteiger partial charge >= 0.3 is 5.69 Å². The number of nitrogens with two attached hydrogens (primary N) is 1. The molecule has 178 valence electrons. The second kappa shape index (κ2) is 10.7. The lowest BCUT2D eigenvalue weighted by molar-refractivity contribution is -0.115. The molecule has 9 nitrogen and oxygen atoms in total. The van der Waals surface area contributed by atoms with Crippen LogP contribution < -0.4 is 27.6 Å². The first kappa shape index (κ1) is 24.5. The predicted molar refractivity (Wildman–Crippen MR) is 134 cm³/mol. The van der Waals surface area contributed by atoms with Crippen molar-refractivity contribution in [1.29, 1.82) is 0 Å². The largest absolute Gasteiger partial charge is 0.384 e. The smallest absolute Gasteiger partial charge is 0.332 e. The quantitative estimate of drug-likeness (QED) is 0.419. The summed E-state index contributed by atoms with van der Waals surface area (Å²) in [6.07, 6.45) is 0.344. The lowest BCUT2D eigenvalue weighted by Crippen LogP contribution is -2.44. The first-order valence-electron chi connectivity index (χ1n) is 11.1. The van der Waals surface area contributed by atoms with Gasteiger partial charge in [0.05, 0.1) is 13.1 Å². The Bertz CT molecular complexity index is 1330. The van der Waals surface area contributed by atoms with Gasteiger partial charge in [-0.05, 0) is 37.1 Å². The summed E-state index contributed by atoms with van der Waals surface area (Å²) in [7, 11) is 0. The SMILES string of the molecule is CCC(=O)Nc1ccc(C)c(NCC(=O)c2c(N)n(Cc3ccccc3)c(=O)n(CC)c2=O)c1. The third kappa shape index (κ3) is 5.25. The normalized spacial score (nSPS) is 10.7. The molecule has 0 saturated carbocycles. The van der Waals surface area contributed by atoms with E-state index in [0.717, 1.165) is 15.7 Å². The van der Waals surface area contributed by atoms with Crippen molar-refractivity contribution in [3.63, 3.8) is 0 Å². The number of carbonyl (C=O) groups is 2. The number of anilines is 3. The van der Waals surface area contributed by atoms with E-state index in [1.807, 2.05) is 43.3 Å². The Balaban J connectivity index is 1.92. The average molecular weight is 464 g/mol. The number of amides is 1. The van der Waals surface area contributed by atoms with Gasteiger partial charge in [-0.1, -0.05) is 43.3 Å². The van der Waals surface area contributed by atoms with E-state index in [9.17, 15) is 19.2 Å². The van der Waals surface area contributed by atoms with Crippen LogP contribution in [0.1, 0.15) is 41.8 Å². The van der Waals surface area contributed by atoms with Gasteiger partial charge in [-0.3, -0.25) is 23.5 Å². The molecule has 0 saturated heterocycles. The molecular weight excluding hydrogens is 434 g/mol. The summed E-state index contributed by atoms with van der Waals surface area (Å²) < 4.78 is 2.26. The standard InChI is InChI=1S/C25H29N5O4/c1-4-21(32)28-18-12-11-16(3)19(13-18)27-14-20(31)22-23(26)30(15-17-9-7-6-8-10-17)25(34)29(5-2)24(22)33/h6-13,27H,4-5,14-15,26H2,1-3H3,(H,28,32). The number of ketones is 1. The number of aryl methyl sites for hydroxylation is 1. The monoisotopic (exact) mass is 463 g/mol. The fourth-order valence-electron chi connectivity index (χ4n) is 3.58. The molecule has 34 heavy (non-hydrogen) atoms. The molecule has 9 heteroatoms. The number of nitrogens with zero attached hydrogens (tertiary/aromatic N) is 2. The van der Waals surface area contributed by atoms with Gasteiger partial charge in [-0.25, -0.2) is 4.79 Å². The van der Waals surface area contributed by atoms with Crippen LogP contribution in [0, 0.1) is 6.92 Å². The average Bonchev–Trinajstić information content (AvgIpc) is 2.83. The Kier molecular flexibility index (Phi) is 7.68. The van der Waals surface area contributed by atoms with Crippen molar-refractivity contribution in [3.05, 3.63) is 86.1 Å². The van der Waals surface area contributed by atoms with Gasteiger partial charge in [0, 0.05) is 24.3 Å².